The van der Waals surface area contributed by atoms with E-state index in [4.69, 9.17) is 4.74 Å². The Morgan fingerprint density at radius 3 is 2.88 bits per heavy atom. The molecule has 1 heterocycles. The van der Waals surface area contributed by atoms with Crippen molar-refractivity contribution in [2.45, 2.75) is 19.8 Å². The van der Waals surface area contributed by atoms with Crippen molar-refractivity contribution in [3.63, 3.8) is 0 Å². The van der Waals surface area contributed by atoms with Crippen LogP contribution in [0.25, 0.3) is 0 Å². The first kappa shape index (κ1) is 11.7. The van der Waals surface area contributed by atoms with Gasteiger partial charge in [0.15, 0.2) is 0 Å². The normalized spacial score (nSPS) is 10.5. The van der Waals surface area contributed by atoms with Gasteiger partial charge in [0.1, 0.15) is 5.75 Å². The lowest BCUT2D eigenvalue weighted by Gasteiger charge is -2.07. The highest BCUT2D eigenvalue weighted by Gasteiger charge is 1.99. The molecule has 0 unspecified atom stereocenters. The average Bonchev–Trinajstić information content (AvgIpc) is 2.76. The minimum Gasteiger partial charge on any atom is -0.493 e. The van der Waals surface area contributed by atoms with Crippen LogP contribution in [0.3, 0.4) is 0 Å². The highest BCUT2D eigenvalue weighted by molar-refractivity contribution is 5.28. The quantitative estimate of drug-likeness (QED) is 0.789. The molecule has 0 amide bonds. The van der Waals surface area contributed by atoms with E-state index in [0.717, 1.165) is 18.6 Å². The molecule has 2 aromatic rings. The lowest BCUT2D eigenvalue weighted by molar-refractivity contribution is 0.318. The van der Waals surface area contributed by atoms with Crippen LogP contribution in [-0.4, -0.2) is 16.4 Å². The van der Waals surface area contributed by atoms with Crippen LogP contribution in [0.15, 0.2) is 36.5 Å². The largest absolute Gasteiger partial charge is 0.493 e. The summed E-state index contributed by atoms with van der Waals surface area (Å²) >= 11 is 0. The topological polar surface area (TPSA) is 27.1 Å². The predicted molar refractivity (Wildman–Crippen MR) is 68.2 cm³/mol. The van der Waals surface area contributed by atoms with E-state index < -0.39 is 0 Å². The third-order valence-electron chi connectivity index (χ3n) is 2.86. The molecular formula is C14H18N2O. The summed E-state index contributed by atoms with van der Waals surface area (Å²) in [6, 6.07) is 10.3. The number of nitrogens with zero attached hydrogens (tertiary/aromatic N) is 2. The van der Waals surface area contributed by atoms with Crippen LogP contribution in [0.5, 0.6) is 5.75 Å². The molecule has 0 spiro atoms. The molecule has 0 bridgehead atoms. The molecule has 2 rings (SSSR count). The number of ether oxygens (including phenoxy) is 1. The second kappa shape index (κ2) is 5.53. The Morgan fingerprint density at radius 1 is 1.29 bits per heavy atom. The van der Waals surface area contributed by atoms with E-state index in [2.05, 4.69) is 24.2 Å². The fourth-order valence-corrected chi connectivity index (χ4v) is 1.78. The molecule has 0 fully saturated rings. The lowest BCUT2D eigenvalue weighted by atomic mass is 10.2. The van der Waals surface area contributed by atoms with Crippen molar-refractivity contribution in [1.82, 2.24) is 9.78 Å². The van der Waals surface area contributed by atoms with Crippen molar-refractivity contribution in [2.75, 3.05) is 6.61 Å². The van der Waals surface area contributed by atoms with Crippen LogP contribution in [0.2, 0.25) is 0 Å². The zero-order valence-electron chi connectivity index (χ0n) is 10.4. The van der Waals surface area contributed by atoms with Crippen LogP contribution >= 0.6 is 0 Å². The zero-order valence-corrected chi connectivity index (χ0v) is 10.4. The number of aromatic nitrogens is 2. The van der Waals surface area contributed by atoms with E-state index in [9.17, 15) is 0 Å². The van der Waals surface area contributed by atoms with Gasteiger partial charge in [0.25, 0.3) is 0 Å². The van der Waals surface area contributed by atoms with E-state index >= 15 is 0 Å². The standard InChI is InChI=1S/C14H18N2O/c1-3-12-5-4-6-14(11-12)17-10-8-13-7-9-15-16(13)2/h4-7,9,11H,3,8,10H2,1-2H3. The fourth-order valence-electron chi connectivity index (χ4n) is 1.78. The van der Waals surface area contributed by atoms with E-state index in [1.54, 1.807) is 0 Å². The van der Waals surface area contributed by atoms with Crippen molar-refractivity contribution in [3.8, 4) is 5.75 Å². The van der Waals surface area contributed by atoms with Crippen molar-refractivity contribution < 1.29 is 4.74 Å². The number of aryl methyl sites for hydroxylation is 2. The number of hydrogen-bond donors (Lipinski definition) is 0. The molecule has 0 atom stereocenters. The highest BCUT2D eigenvalue weighted by atomic mass is 16.5. The first-order valence-electron chi connectivity index (χ1n) is 5.98. The fraction of sp³-hybridized carbons (Fsp3) is 0.357. The van der Waals surface area contributed by atoms with Gasteiger partial charge in [-0.15, -0.1) is 0 Å². The Morgan fingerprint density at radius 2 is 2.18 bits per heavy atom. The van der Waals surface area contributed by atoms with Crippen LogP contribution in [0, 0.1) is 0 Å². The third-order valence-corrected chi connectivity index (χ3v) is 2.86. The summed E-state index contributed by atoms with van der Waals surface area (Å²) < 4.78 is 7.62. The molecule has 90 valence electrons. The summed E-state index contributed by atoms with van der Waals surface area (Å²) in [5.74, 6) is 0.950. The van der Waals surface area contributed by atoms with E-state index in [0.29, 0.717) is 6.61 Å². The second-order valence-corrected chi connectivity index (χ2v) is 4.05. The summed E-state index contributed by atoms with van der Waals surface area (Å²) in [6.45, 7) is 2.83. The van der Waals surface area contributed by atoms with Crippen LogP contribution in [0.4, 0.5) is 0 Å². The van der Waals surface area contributed by atoms with Gasteiger partial charge in [-0.2, -0.15) is 5.10 Å². The average molecular weight is 230 g/mol. The van der Waals surface area contributed by atoms with Gasteiger partial charge in [0.05, 0.1) is 6.61 Å². The summed E-state index contributed by atoms with van der Waals surface area (Å²) in [4.78, 5) is 0. The van der Waals surface area contributed by atoms with E-state index in [1.165, 1.54) is 11.3 Å². The first-order chi connectivity index (χ1) is 8.29. The summed E-state index contributed by atoms with van der Waals surface area (Å²) in [5, 5.41) is 4.13. The minimum absolute atomic E-state index is 0.687. The van der Waals surface area contributed by atoms with Gasteiger partial charge in [-0.1, -0.05) is 19.1 Å². The molecule has 0 saturated carbocycles. The Labute approximate surface area is 102 Å². The van der Waals surface area contributed by atoms with Gasteiger partial charge >= 0.3 is 0 Å². The Balaban J connectivity index is 1.87. The molecule has 1 aromatic carbocycles. The van der Waals surface area contributed by atoms with Crippen molar-refractivity contribution >= 4 is 0 Å². The van der Waals surface area contributed by atoms with Gasteiger partial charge in [-0.05, 0) is 30.2 Å². The Bertz CT molecular complexity index is 477. The number of hydrogen-bond acceptors (Lipinski definition) is 2. The third kappa shape index (κ3) is 3.09. The second-order valence-electron chi connectivity index (χ2n) is 4.05. The maximum absolute atomic E-state index is 5.74. The zero-order chi connectivity index (χ0) is 12.1. The Kier molecular flexibility index (Phi) is 3.81. The van der Waals surface area contributed by atoms with Crippen molar-refractivity contribution in [2.24, 2.45) is 7.05 Å². The Hall–Kier alpha value is -1.77. The SMILES string of the molecule is CCc1cccc(OCCc2ccnn2C)c1. The molecule has 0 N–H and O–H groups in total. The molecule has 3 nitrogen and oxygen atoms in total. The lowest BCUT2D eigenvalue weighted by Crippen LogP contribution is -2.06. The molecule has 1 aromatic heterocycles. The van der Waals surface area contributed by atoms with Crippen molar-refractivity contribution in [3.05, 3.63) is 47.8 Å². The summed E-state index contributed by atoms with van der Waals surface area (Å²) in [7, 11) is 1.95. The van der Waals surface area contributed by atoms with E-state index in [1.807, 2.05) is 36.1 Å². The highest BCUT2D eigenvalue weighted by Crippen LogP contribution is 2.14. The molecule has 0 saturated heterocycles. The van der Waals surface area contributed by atoms with Crippen LogP contribution in [-0.2, 0) is 19.9 Å². The maximum Gasteiger partial charge on any atom is 0.119 e. The maximum atomic E-state index is 5.74. The molecule has 0 aliphatic carbocycles. The number of rotatable bonds is 5. The van der Waals surface area contributed by atoms with Crippen molar-refractivity contribution in [1.29, 1.82) is 0 Å². The summed E-state index contributed by atoms with van der Waals surface area (Å²) in [5.41, 5.74) is 2.50. The monoisotopic (exact) mass is 230 g/mol. The molecule has 0 radical (unpaired) electrons. The molecular weight excluding hydrogens is 212 g/mol. The van der Waals surface area contributed by atoms with Crippen LogP contribution in [0.1, 0.15) is 18.2 Å². The first-order valence-corrected chi connectivity index (χ1v) is 5.98. The van der Waals surface area contributed by atoms with Gasteiger partial charge in [-0.25, -0.2) is 0 Å². The van der Waals surface area contributed by atoms with Crippen LogP contribution < -0.4 is 4.74 Å². The smallest absolute Gasteiger partial charge is 0.119 e. The van der Waals surface area contributed by atoms with Gasteiger partial charge in [0.2, 0.25) is 0 Å². The predicted octanol–water partition coefficient (Wildman–Crippen LogP) is 2.60. The molecule has 0 aliphatic heterocycles. The molecule has 0 aliphatic rings. The summed E-state index contributed by atoms with van der Waals surface area (Å²) in [6.07, 6.45) is 3.73. The van der Waals surface area contributed by atoms with Gasteiger partial charge in [-0.3, -0.25) is 4.68 Å². The van der Waals surface area contributed by atoms with Gasteiger partial charge in [0, 0.05) is 25.4 Å². The van der Waals surface area contributed by atoms with E-state index in [-0.39, 0.29) is 0 Å². The molecule has 3 heteroatoms. The minimum atomic E-state index is 0.687. The molecule has 17 heavy (non-hydrogen) atoms. The number of benzene rings is 1. The van der Waals surface area contributed by atoms with Gasteiger partial charge < -0.3 is 4.74 Å².